The summed E-state index contributed by atoms with van der Waals surface area (Å²) in [5, 5.41) is 8.88. The van der Waals surface area contributed by atoms with E-state index in [4.69, 9.17) is 4.74 Å². The number of aromatic nitrogens is 2. The van der Waals surface area contributed by atoms with E-state index in [0.717, 1.165) is 6.07 Å². The number of hydrogen-bond donors (Lipinski definition) is 2. The molecule has 1 heterocycles. The summed E-state index contributed by atoms with van der Waals surface area (Å²) in [6, 6.07) is 8.57. The molecule has 9 heteroatoms. The molecule has 2 N–H and O–H groups in total. The highest BCUT2D eigenvalue weighted by Gasteiger charge is 2.19. The number of aromatic amines is 1. The lowest BCUT2D eigenvalue weighted by Crippen LogP contribution is -2.31. The second-order valence-corrected chi connectivity index (χ2v) is 5.98. The lowest BCUT2D eigenvalue weighted by Gasteiger charge is -2.15. The Morgan fingerprint density at radius 3 is 2.61 bits per heavy atom. The van der Waals surface area contributed by atoms with Crippen molar-refractivity contribution in [3.63, 3.8) is 0 Å². The number of amides is 1. The van der Waals surface area contributed by atoms with E-state index in [1.54, 1.807) is 12.1 Å². The number of fused-ring (bicyclic) bond motifs is 1. The molecule has 0 fully saturated rings. The molecule has 0 aliphatic carbocycles. The van der Waals surface area contributed by atoms with Crippen LogP contribution >= 0.6 is 0 Å². The van der Waals surface area contributed by atoms with Gasteiger partial charge in [0.25, 0.3) is 11.5 Å². The van der Waals surface area contributed by atoms with Crippen LogP contribution in [0.3, 0.4) is 0 Å². The van der Waals surface area contributed by atoms with Gasteiger partial charge in [-0.3, -0.25) is 9.59 Å². The highest BCUT2D eigenvalue weighted by atomic mass is 19.1. The van der Waals surface area contributed by atoms with Crippen LogP contribution in [0.1, 0.15) is 29.0 Å². The number of rotatable bonds is 5. The van der Waals surface area contributed by atoms with E-state index in [2.05, 4.69) is 15.5 Å². The minimum atomic E-state index is -0.900. The molecule has 144 valence electrons. The van der Waals surface area contributed by atoms with Crippen LogP contribution < -0.4 is 10.9 Å². The summed E-state index contributed by atoms with van der Waals surface area (Å²) in [5.41, 5.74) is -0.505. The van der Waals surface area contributed by atoms with Crippen LogP contribution in [0, 0.1) is 11.6 Å². The molecule has 0 saturated heterocycles. The van der Waals surface area contributed by atoms with Gasteiger partial charge in [0.1, 0.15) is 11.6 Å². The molecule has 0 radical (unpaired) electrons. The fourth-order valence-electron chi connectivity index (χ4n) is 2.68. The molecule has 0 bridgehead atoms. The lowest BCUT2D eigenvalue weighted by atomic mass is 10.1. The molecule has 2 aromatic carbocycles. The molecule has 28 heavy (non-hydrogen) atoms. The molecule has 0 aliphatic rings. The van der Waals surface area contributed by atoms with E-state index in [0.29, 0.717) is 11.5 Å². The van der Waals surface area contributed by atoms with Crippen molar-refractivity contribution in [2.45, 2.75) is 13.0 Å². The molecule has 3 aromatic rings. The van der Waals surface area contributed by atoms with Gasteiger partial charge in [-0.25, -0.2) is 18.7 Å². The maximum atomic E-state index is 13.8. The van der Waals surface area contributed by atoms with Gasteiger partial charge >= 0.3 is 5.97 Å². The number of carbonyl (C=O) groups excluding carboxylic acids is 2. The van der Waals surface area contributed by atoms with Crippen molar-refractivity contribution in [3.05, 3.63) is 75.7 Å². The summed E-state index contributed by atoms with van der Waals surface area (Å²) in [5.74, 6) is -3.11. The normalized spacial score (nSPS) is 11.8. The highest BCUT2D eigenvalue weighted by Crippen LogP contribution is 2.18. The summed E-state index contributed by atoms with van der Waals surface area (Å²) in [7, 11) is 0. The van der Waals surface area contributed by atoms with Gasteiger partial charge in [0.2, 0.25) is 0 Å². The smallest absolute Gasteiger partial charge is 0.359 e. The predicted octanol–water partition coefficient (Wildman–Crippen LogP) is 2.24. The number of esters is 1. The van der Waals surface area contributed by atoms with E-state index in [1.807, 2.05) is 0 Å². The zero-order valence-electron chi connectivity index (χ0n) is 14.7. The zero-order chi connectivity index (χ0) is 20.3. The van der Waals surface area contributed by atoms with E-state index >= 15 is 0 Å². The highest BCUT2D eigenvalue weighted by molar-refractivity contribution is 6.02. The Morgan fingerprint density at radius 2 is 1.89 bits per heavy atom. The largest absolute Gasteiger partial charge is 0.451 e. The molecule has 0 saturated carbocycles. The van der Waals surface area contributed by atoms with Crippen LogP contribution in [0.4, 0.5) is 8.78 Å². The third kappa shape index (κ3) is 4.03. The minimum Gasteiger partial charge on any atom is -0.451 e. The third-order valence-electron chi connectivity index (χ3n) is 4.03. The molecule has 1 atom stereocenters. The molecule has 0 aliphatic heterocycles. The van der Waals surface area contributed by atoms with Crippen molar-refractivity contribution in [2.75, 3.05) is 6.61 Å². The SMILES string of the molecule is C[C@H](NC(=O)COC(=O)c1n[nH]c(=O)c2ccccc12)c1ccc(F)cc1F. The van der Waals surface area contributed by atoms with E-state index in [9.17, 15) is 23.2 Å². The quantitative estimate of drug-likeness (QED) is 0.654. The topological polar surface area (TPSA) is 101 Å². The van der Waals surface area contributed by atoms with Crippen molar-refractivity contribution >= 4 is 22.6 Å². The van der Waals surface area contributed by atoms with Gasteiger partial charge in [0, 0.05) is 17.0 Å². The number of ether oxygens (including phenoxy) is 1. The monoisotopic (exact) mass is 387 g/mol. The molecule has 0 unspecified atom stereocenters. The Bertz CT molecular complexity index is 1110. The van der Waals surface area contributed by atoms with Gasteiger partial charge < -0.3 is 10.1 Å². The van der Waals surface area contributed by atoms with Crippen LogP contribution in [0.2, 0.25) is 0 Å². The second kappa shape index (κ2) is 7.95. The fraction of sp³-hybridized carbons (Fsp3) is 0.158. The number of carbonyl (C=O) groups is 2. The Morgan fingerprint density at radius 1 is 1.18 bits per heavy atom. The average molecular weight is 387 g/mol. The molecule has 3 rings (SSSR count). The van der Waals surface area contributed by atoms with Gasteiger partial charge in [0.05, 0.1) is 11.4 Å². The number of nitrogens with one attached hydrogen (secondary N) is 2. The van der Waals surface area contributed by atoms with Gasteiger partial charge in [-0.1, -0.05) is 24.3 Å². The Labute approximate surface area is 157 Å². The maximum Gasteiger partial charge on any atom is 0.359 e. The number of hydrogen-bond acceptors (Lipinski definition) is 5. The first-order valence-corrected chi connectivity index (χ1v) is 8.25. The molecule has 0 spiro atoms. The minimum absolute atomic E-state index is 0.0920. The molecule has 1 aromatic heterocycles. The van der Waals surface area contributed by atoms with Crippen LogP contribution in [-0.4, -0.2) is 28.7 Å². The third-order valence-corrected chi connectivity index (χ3v) is 4.03. The standard InChI is InChI=1S/C19H15F2N3O4/c1-10(12-7-6-11(20)8-15(12)21)22-16(25)9-28-19(27)17-13-4-2-3-5-14(13)18(26)24-23-17/h2-8,10H,9H2,1H3,(H,22,25)(H,24,26)/t10-/m0/s1. The summed E-state index contributed by atoms with van der Waals surface area (Å²) >= 11 is 0. The zero-order valence-corrected chi connectivity index (χ0v) is 14.7. The average Bonchev–Trinajstić information content (AvgIpc) is 2.66. The van der Waals surface area contributed by atoms with Gasteiger partial charge in [-0.2, -0.15) is 5.10 Å². The molecule has 7 nitrogen and oxygen atoms in total. The summed E-state index contributed by atoms with van der Waals surface area (Å²) in [6.45, 7) is 0.869. The van der Waals surface area contributed by atoms with Crippen LogP contribution in [0.15, 0.2) is 47.3 Å². The number of nitrogens with zero attached hydrogens (tertiary/aromatic N) is 1. The van der Waals surface area contributed by atoms with Crippen molar-refractivity contribution in [2.24, 2.45) is 0 Å². The van der Waals surface area contributed by atoms with Crippen molar-refractivity contribution in [3.8, 4) is 0 Å². The Balaban J connectivity index is 1.66. The lowest BCUT2D eigenvalue weighted by molar-refractivity contribution is -0.124. The summed E-state index contributed by atoms with van der Waals surface area (Å²) < 4.78 is 31.7. The first-order valence-electron chi connectivity index (χ1n) is 8.25. The predicted molar refractivity (Wildman–Crippen MR) is 95.6 cm³/mol. The van der Waals surface area contributed by atoms with E-state index in [1.165, 1.54) is 25.1 Å². The number of H-pyrrole nitrogens is 1. The van der Waals surface area contributed by atoms with Crippen molar-refractivity contribution < 1.29 is 23.1 Å². The first-order chi connectivity index (χ1) is 13.4. The van der Waals surface area contributed by atoms with Crippen LogP contribution in [0.25, 0.3) is 10.8 Å². The first kappa shape index (κ1) is 19.2. The van der Waals surface area contributed by atoms with E-state index < -0.39 is 41.7 Å². The van der Waals surface area contributed by atoms with E-state index in [-0.39, 0.29) is 16.6 Å². The second-order valence-electron chi connectivity index (χ2n) is 5.98. The van der Waals surface area contributed by atoms with Crippen LogP contribution in [-0.2, 0) is 9.53 Å². The molecular weight excluding hydrogens is 372 g/mol. The molecular formula is C19H15F2N3O4. The van der Waals surface area contributed by atoms with Crippen molar-refractivity contribution in [1.29, 1.82) is 0 Å². The van der Waals surface area contributed by atoms with Gasteiger partial charge in [-0.05, 0) is 19.1 Å². The van der Waals surface area contributed by atoms with Gasteiger partial charge in [-0.15, -0.1) is 0 Å². The Kier molecular flexibility index (Phi) is 5.44. The summed E-state index contributed by atoms with van der Waals surface area (Å²) in [6.07, 6.45) is 0. The van der Waals surface area contributed by atoms with Crippen molar-refractivity contribution in [1.82, 2.24) is 15.5 Å². The number of benzene rings is 2. The number of halogens is 2. The van der Waals surface area contributed by atoms with Gasteiger partial charge in [0.15, 0.2) is 12.3 Å². The maximum absolute atomic E-state index is 13.8. The molecule has 1 amide bonds. The Hall–Kier alpha value is -3.62. The summed E-state index contributed by atoms with van der Waals surface area (Å²) in [4.78, 5) is 36.0. The van der Waals surface area contributed by atoms with Crippen LogP contribution in [0.5, 0.6) is 0 Å². The fourth-order valence-corrected chi connectivity index (χ4v) is 2.68.